The van der Waals surface area contributed by atoms with Gasteiger partial charge in [0.15, 0.2) is 11.5 Å². The maximum atomic E-state index is 12.4. The Balaban J connectivity index is 1.48. The highest BCUT2D eigenvalue weighted by atomic mass is 79.9. The molecule has 2 aromatic carbocycles. The van der Waals surface area contributed by atoms with E-state index in [2.05, 4.69) is 26.3 Å². The first-order valence-electron chi connectivity index (χ1n) is 8.46. The molecule has 0 saturated carbocycles. The number of halogens is 1. The molecular weight excluding hydrogens is 414 g/mol. The summed E-state index contributed by atoms with van der Waals surface area (Å²) in [5.41, 5.74) is 1.19. The lowest BCUT2D eigenvalue weighted by atomic mass is 10.2. The van der Waals surface area contributed by atoms with E-state index in [0.29, 0.717) is 52.3 Å². The van der Waals surface area contributed by atoms with Crippen LogP contribution in [0.1, 0.15) is 6.42 Å². The van der Waals surface area contributed by atoms with Crippen molar-refractivity contribution in [1.82, 2.24) is 9.78 Å². The summed E-state index contributed by atoms with van der Waals surface area (Å²) in [6.07, 6.45) is 1.48. The molecule has 1 aliphatic rings. The van der Waals surface area contributed by atoms with Gasteiger partial charge in [-0.25, -0.2) is 0 Å². The molecule has 0 radical (unpaired) electrons. The van der Waals surface area contributed by atoms with Gasteiger partial charge in [-0.15, -0.1) is 0 Å². The molecule has 0 saturated heterocycles. The molecule has 3 aromatic rings. The zero-order valence-corrected chi connectivity index (χ0v) is 15.9. The summed E-state index contributed by atoms with van der Waals surface area (Å²) in [6.45, 7) is 1.34. The number of carbonyl (C=O) groups is 1. The minimum Gasteiger partial charge on any atom is -0.486 e. The third kappa shape index (κ3) is 3.66. The second-order valence-electron chi connectivity index (χ2n) is 6.02. The van der Waals surface area contributed by atoms with Crippen LogP contribution in [0, 0.1) is 0 Å². The van der Waals surface area contributed by atoms with Gasteiger partial charge in [0.2, 0.25) is 11.3 Å². The molecule has 4 rings (SSSR count). The predicted octanol–water partition coefficient (Wildman–Crippen LogP) is 2.96. The molecule has 7 nitrogen and oxygen atoms in total. The minimum absolute atomic E-state index is 0.133. The summed E-state index contributed by atoms with van der Waals surface area (Å²) in [4.78, 5) is 24.3. The first-order valence-corrected chi connectivity index (χ1v) is 9.25. The van der Waals surface area contributed by atoms with Crippen molar-refractivity contribution in [2.45, 2.75) is 13.0 Å². The van der Waals surface area contributed by atoms with E-state index in [1.54, 1.807) is 28.9 Å². The van der Waals surface area contributed by atoms with Gasteiger partial charge in [-0.3, -0.25) is 14.3 Å². The molecule has 0 unspecified atom stereocenters. The topological polar surface area (TPSA) is 82.5 Å². The van der Waals surface area contributed by atoms with E-state index in [9.17, 15) is 9.59 Å². The summed E-state index contributed by atoms with van der Waals surface area (Å²) in [5.74, 6) is 1.08. The summed E-state index contributed by atoms with van der Waals surface area (Å²) in [5, 5.41) is 7.59. The van der Waals surface area contributed by atoms with Gasteiger partial charge in [0.1, 0.15) is 13.2 Å². The van der Waals surface area contributed by atoms with Gasteiger partial charge in [-0.05, 0) is 28.1 Å². The SMILES string of the molecule is O=C(CCn1ncc(=O)c2ccccc21)Nc1cc2c(cc1Br)OCCO2. The second-order valence-corrected chi connectivity index (χ2v) is 6.88. The molecule has 0 bridgehead atoms. The van der Waals surface area contributed by atoms with Crippen molar-refractivity contribution in [2.24, 2.45) is 0 Å². The predicted molar refractivity (Wildman–Crippen MR) is 104 cm³/mol. The molecule has 2 heterocycles. The van der Waals surface area contributed by atoms with Gasteiger partial charge in [-0.1, -0.05) is 12.1 Å². The molecule has 138 valence electrons. The van der Waals surface area contributed by atoms with Crippen LogP contribution < -0.4 is 20.2 Å². The number of amides is 1. The van der Waals surface area contributed by atoms with E-state index in [1.165, 1.54) is 6.20 Å². The number of ether oxygens (including phenoxy) is 2. The Morgan fingerprint density at radius 1 is 1.19 bits per heavy atom. The second kappa shape index (κ2) is 7.40. The number of para-hydroxylation sites is 1. The van der Waals surface area contributed by atoms with Gasteiger partial charge in [-0.2, -0.15) is 5.10 Å². The van der Waals surface area contributed by atoms with Crippen molar-refractivity contribution >= 4 is 38.4 Å². The summed E-state index contributed by atoms with van der Waals surface area (Å²) < 4.78 is 13.4. The summed E-state index contributed by atoms with van der Waals surface area (Å²) >= 11 is 3.44. The monoisotopic (exact) mass is 429 g/mol. The van der Waals surface area contributed by atoms with Crippen molar-refractivity contribution in [2.75, 3.05) is 18.5 Å². The van der Waals surface area contributed by atoms with Crippen LogP contribution in [0.2, 0.25) is 0 Å². The van der Waals surface area contributed by atoms with Gasteiger partial charge in [0, 0.05) is 28.4 Å². The number of benzene rings is 2. The Bertz CT molecular complexity index is 1080. The fourth-order valence-corrected chi connectivity index (χ4v) is 3.34. The summed E-state index contributed by atoms with van der Waals surface area (Å²) in [6, 6.07) is 10.7. The average molecular weight is 430 g/mol. The number of fused-ring (bicyclic) bond motifs is 2. The first-order chi connectivity index (χ1) is 13.1. The van der Waals surface area contributed by atoms with Crippen molar-refractivity contribution in [3.63, 3.8) is 0 Å². The van der Waals surface area contributed by atoms with E-state index in [4.69, 9.17) is 9.47 Å². The third-order valence-electron chi connectivity index (χ3n) is 4.22. The largest absolute Gasteiger partial charge is 0.486 e. The highest BCUT2D eigenvalue weighted by Crippen LogP contribution is 2.38. The van der Waals surface area contributed by atoms with Gasteiger partial charge in [0.25, 0.3) is 0 Å². The fraction of sp³-hybridized carbons (Fsp3) is 0.211. The van der Waals surface area contributed by atoms with Gasteiger partial charge in [0.05, 0.1) is 23.9 Å². The number of aromatic nitrogens is 2. The normalized spacial score (nSPS) is 12.8. The molecule has 1 N–H and O–H groups in total. The van der Waals surface area contributed by atoms with Crippen molar-refractivity contribution in [3.8, 4) is 11.5 Å². The molecule has 0 spiro atoms. The maximum absolute atomic E-state index is 12.4. The molecule has 0 atom stereocenters. The van der Waals surface area contributed by atoms with E-state index in [0.717, 1.165) is 0 Å². The Kier molecular flexibility index (Phi) is 4.81. The lowest BCUT2D eigenvalue weighted by molar-refractivity contribution is -0.116. The minimum atomic E-state index is -0.169. The number of nitrogens with one attached hydrogen (secondary N) is 1. The van der Waals surface area contributed by atoms with E-state index >= 15 is 0 Å². The van der Waals surface area contributed by atoms with Crippen molar-refractivity contribution < 1.29 is 14.3 Å². The molecule has 0 aliphatic carbocycles. The highest BCUT2D eigenvalue weighted by Gasteiger charge is 2.16. The van der Waals surface area contributed by atoms with Crippen LogP contribution >= 0.6 is 15.9 Å². The first kappa shape index (κ1) is 17.5. The molecule has 8 heteroatoms. The fourth-order valence-electron chi connectivity index (χ4n) is 2.92. The number of anilines is 1. The number of carbonyl (C=O) groups excluding carboxylic acids is 1. The van der Waals surface area contributed by atoms with Gasteiger partial charge >= 0.3 is 0 Å². The molecule has 1 aliphatic heterocycles. The standard InChI is InChI=1S/C19H16BrN3O4/c20-13-9-17-18(27-8-7-26-17)10-14(13)22-19(25)5-6-23-15-4-2-1-3-12(15)16(24)11-21-23/h1-4,9-11H,5-8H2,(H,22,25). The number of hydrogen-bond donors (Lipinski definition) is 1. The van der Waals surface area contributed by atoms with Crippen LogP contribution in [0.4, 0.5) is 5.69 Å². The van der Waals surface area contributed by atoms with E-state index < -0.39 is 0 Å². The Morgan fingerprint density at radius 2 is 1.93 bits per heavy atom. The van der Waals surface area contributed by atoms with E-state index in [1.807, 2.05) is 12.1 Å². The van der Waals surface area contributed by atoms with Crippen LogP contribution in [-0.2, 0) is 11.3 Å². The lowest BCUT2D eigenvalue weighted by Crippen LogP contribution is -2.19. The third-order valence-corrected chi connectivity index (χ3v) is 4.87. The molecule has 1 aromatic heterocycles. The Hall–Kier alpha value is -2.87. The molecule has 27 heavy (non-hydrogen) atoms. The number of aryl methyl sites for hydroxylation is 1. The molecular formula is C19H16BrN3O4. The zero-order chi connectivity index (χ0) is 18.8. The number of nitrogens with zero attached hydrogens (tertiary/aromatic N) is 2. The number of hydrogen-bond acceptors (Lipinski definition) is 5. The van der Waals surface area contributed by atoms with Crippen LogP contribution in [0.3, 0.4) is 0 Å². The Labute approximate surface area is 163 Å². The smallest absolute Gasteiger partial charge is 0.226 e. The zero-order valence-electron chi connectivity index (χ0n) is 14.3. The highest BCUT2D eigenvalue weighted by molar-refractivity contribution is 9.10. The molecule has 1 amide bonds. The van der Waals surface area contributed by atoms with Crippen molar-refractivity contribution in [3.05, 3.63) is 57.3 Å². The quantitative estimate of drug-likeness (QED) is 0.689. The average Bonchev–Trinajstić information content (AvgIpc) is 2.68. The van der Waals surface area contributed by atoms with Crippen molar-refractivity contribution in [1.29, 1.82) is 0 Å². The van der Waals surface area contributed by atoms with Crippen LogP contribution in [0.25, 0.3) is 10.9 Å². The van der Waals surface area contributed by atoms with E-state index in [-0.39, 0.29) is 17.8 Å². The maximum Gasteiger partial charge on any atom is 0.226 e. The molecule has 0 fully saturated rings. The lowest BCUT2D eigenvalue weighted by Gasteiger charge is -2.20. The van der Waals surface area contributed by atoms with Crippen LogP contribution in [-0.4, -0.2) is 28.9 Å². The van der Waals surface area contributed by atoms with Crippen LogP contribution in [0.5, 0.6) is 11.5 Å². The van der Waals surface area contributed by atoms with Gasteiger partial charge < -0.3 is 14.8 Å². The summed E-state index contributed by atoms with van der Waals surface area (Å²) in [7, 11) is 0. The number of rotatable bonds is 4. The van der Waals surface area contributed by atoms with Crippen LogP contribution in [0.15, 0.2) is 51.9 Å². The Morgan fingerprint density at radius 3 is 2.74 bits per heavy atom.